The van der Waals surface area contributed by atoms with Crippen molar-refractivity contribution >= 4 is 17.3 Å². The van der Waals surface area contributed by atoms with Crippen LogP contribution in [0.25, 0.3) is 0 Å². The van der Waals surface area contributed by atoms with Gasteiger partial charge in [0.1, 0.15) is 0 Å². The molecule has 3 N–H and O–H groups in total. The van der Waals surface area contributed by atoms with Crippen molar-refractivity contribution in [1.82, 2.24) is 0 Å². The van der Waals surface area contributed by atoms with E-state index >= 15 is 0 Å². The molecular formula is C18H22N2O. The Hall–Kier alpha value is -2.29. The van der Waals surface area contributed by atoms with E-state index in [9.17, 15) is 4.79 Å². The summed E-state index contributed by atoms with van der Waals surface area (Å²) in [5.41, 5.74) is 9.98. The first-order valence-electron chi connectivity index (χ1n) is 7.30. The number of nitrogens with one attached hydrogen (secondary N) is 1. The number of hydrogen-bond donors (Lipinski definition) is 2. The van der Waals surface area contributed by atoms with Gasteiger partial charge in [0.05, 0.1) is 0 Å². The van der Waals surface area contributed by atoms with Gasteiger partial charge in [-0.1, -0.05) is 38.1 Å². The van der Waals surface area contributed by atoms with Gasteiger partial charge >= 0.3 is 0 Å². The SMILES string of the molecule is CC[C@H](C)c1ccccc1NC(=O)c1cccc(N)c1C. The van der Waals surface area contributed by atoms with Crippen LogP contribution >= 0.6 is 0 Å². The van der Waals surface area contributed by atoms with Gasteiger partial charge in [0, 0.05) is 16.9 Å². The topological polar surface area (TPSA) is 55.1 Å². The van der Waals surface area contributed by atoms with Crippen molar-refractivity contribution in [2.24, 2.45) is 0 Å². The minimum Gasteiger partial charge on any atom is -0.398 e. The molecule has 0 spiro atoms. The summed E-state index contributed by atoms with van der Waals surface area (Å²) in [4.78, 5) is 12.5. The number of carbonyl (C=O) groups excluding carboxylic acids is 1. The Morgan fingerprint density at radius 3 is 2.62 bits per heavy atom. The van der Waals surface area contributed by atoms with Gasteiger partial charge in [-0.3, -0.25) is 4.79 Å². The summed E-state index contributed by atoms with van der Waals surface area (Å²) >= 11 is 0. The minimum absolute atomic E-state index is 0.115. The van der Waals surface area contributed by atoms with Crippen molar-refractivity contribution in [1.29, 1.82) is 0 Å². The summed E-state index contributed by atoms with van der Waals surface area (Å²) in [6, 6.07) is 13.4. The van der Waals surface area contributed by atoms with E-state index in [0.717, 1.165) is 23.2 Å². The highest BCUT2D eigenvalue weighted by molar-refractivity contribution is 6.06. The zero-order valence-corrected chi connectivity index (χ0v) is 12.8. The second-order valence-electron chi connectivity index (χ2n) is 5.37. The van der Waals surface area contributed by atoms with Crippen LogP contribution in [0.5, 0.6) is 0 Å². The highest BCUT2D eigenvalue weighted by Crippen LogP contribution is 2.27. The van der Waals surface area contributed by atoms with Crippen molar-refractivity contribution in [2.75, 3.05) is 11.1 Å². The summed E-state index contributed by atoms with van der Waals surface area (Å²) in [5, 5.41) is 3.02. The lowest BCUT2D eigenvalue weighted by molar-refractivity contribution is 0.102. The molecule has 0 aliphatic carbocycles. The van der Waals surface area contributed by atoms with Gasteiger partial charge in [-0.2, -0.15) is 0 Å². The summed E-state index contributed by atoms with van der Waals surface area (Å²) < 4.78 is 0. The first-order valence-corrected chi connectivity index (χ1v) is 7.30. The fourth-order valence-corrected chi connectivity index (χ4v) is 2.35. The van der Waals surface area contributed by atoms with Crippen molar-refractivity contribution in [3.8, 4) is 0 Å². The molecule has 0 radical (unpaired) electrons. The number of amides is 1. The fourth-order valence-electron chi connectivity index (χ4n) is 2.35. The molecule has 1 amide bonds. The molecule has 110 valence electrons. The second kappa shape index (κ2) is 6.44. The Morgan fingerprint density at radius 1 is 1.19 bits per heavy atom. The summed E-state index contributed by atoms with van der Waals surface area (Å²) in [6.45, 7) is 6.17. The number of rotatable bonds is 4. The molecule has 0 bridgehead atoms. The molecule has 2 aromatic carbocycles. The number of hydrogen-bond acceptors (Lipinski definition) is 2. The van der Waals surface area contributed by atoms with Crippen LogP contribution in [0.3, 0.4) is 0 Å². The Balaban J connectivity index is 2.30. The van der Waals surface area contributed by atoms with Crippen LogP contribution in [0, 0.1) is 6.92 Å². The molecule has 0 saturated carbocycles. The third-order valence-electron chi connectivity index (χ3n) is 3.97. The van der Waals surface area contributed by atoms with Crippen molar-refractivity contribution in [2.45, 2.75) is 33.1 Å². The van der Waals surface area contributed by atoms with Gasteiger partial charge in [0.2, 0.25) is 0 Å². The van der Waals surface area contributed by atoms with E-state index < -0.39 is 0 Å². The third-order valence-corrected chi connectivity index (χ3v) is 3.97. The second-order valence-corrected chi connectivity index (χ2v) is 5.37. The molecule has 1 atom stereocenters. The maximum absolute atomic E-state index is 12.5. The Bertz CT molecular complexity index is 649. The van der Waals surface area contributed by atoms with Crippen LogP contribution in [0.2, 0.25) is 0 Å². The van der Waals surface area contributed by atoms with Crippen molar-refractivity contribution < 1.29 is 4.79 Å². The van der Waals surface area contributed by atoms with E-state index in [2.05, 4.69) is 25.2 Å². The molecule has 2 rings (SSSR count). The number of benzene rings is 2. The molecule has 0 aliphatic rings. The normalized spacial score (nSPS) is 12.0. The quantitative estimate of drug-likeness (QED) is 0.819. The van der Waals surface area contributed by atoms with Gasteiger partial charge in [0.25, 0.3) is 5.91 Å². The molecule has 0 aliphatic heterocycles. The summed E-state index contributed by atoms with van der Waals surface area (Å²) in [5.74, 6) is 0.291. The van der Waals surface area contributed by atoms with E-state index in [-0.39, 0.29) is 5.91 Å². The van der Waals surface area contributed by atoms with Crippen LogP contribution in [0.4, 0.5) is 11.4 Å². The number of para-hydroxylation sites is 1. The van der Waals surface area contributed by atoms with Crippen molar-refractivity contribution in [3.05, 3.63) is 59.2 Å². The number of nitrogen functional groups attached to an aromatic ring is 1. The van der Waals surface area contributed by atoms with E-state index in [1.165, 1.54) is 0 Å². The Morgan fingerprint density at radius 2 is 1.90 bits per heavy atom. The number of anilines is 2. The molecular weight excluding hydrogens is 260 g/mol. The van der Waals surface area contributed by atoms with Gasteiger partial charge in [-0.25, -0.2) is 0 Å². The van der Waals surface area contributed by atoms with E-state index in [1.807, 2.05) is 25.1 Å². The predicted molar refractivity (Wildman–Crippen MR) is 88.7 cm³/mol. The maximum Gasteiger partial charge on any atom is 0.256 e. The van der Waals surface area contributed by atoms with Crippen LogP contribution in [-0.4, -0.2) is 5.91 Å². The highest BCUT2D eigenvalue weighted by Gasteiger charge is 2.14. The van der Waals surface area contributed by atoms with Gasteiger partial charge in [-0.05, 0) is 48.6 Å². The molecule has 0 saturated heterocycles. The fraction of sp³-hybridized carbons (Fsp3) is 0.278. The molecule has 0 aromatic heterocycles. The smallest absolute Gasteiger partial charge is 0.256 e. The molecule has 2 aromatic rings. The van der Waals surface area contributed by atoms with E-state index in [1.54, 1.807) is 18.2 Å². The number of carbonyl (C=O) groups is 1. The standard InChI is InChI=1S/C18H22N2O/c1-4-12(2)14-8-5-6-11-17(14)20-18(21)15-9-7-10-16(19)13(15)3/h5-12H,4,19H2,1-3H3,(H,20,21)/t12-/m0/s1. The van der Waals surface area contributed by atoms with Crippen LogP contribution < -0.4 is 11.1 Å². The molecule has 0 heterocycles. The zero-order chi connectivity index (χ0) is 15.4. The van der Waals surface area contributed by atoms with E-state index in [0.29, 0.717) is 17.2 Å². The molecule has 21 heavy (non-hydrogen) atoms. The highest BCUT2D eigenvalue weighted by atomic mass is 16.1. The lowest BCUT2D eigenvalue weighted by Gasteiger charge is -2.16. The number of nitrogens with two attached hydrogens (primary N) is 1. The predicted octanol–water partition coefficient (Wildman–Crippen LogP) is 4.34. The molecule has 0 fully saturated rings. The van der Waals surface area contributed by atoms with Gasteiger partial charge in [0.15, 0.2) is 0 Å². The molecule has 3 heteroatoms. The average molecular weight is 282 g/mol. The Kier molecular flexibility index (Phi) is 4.63. The van der Waals surface area contributed by atoms with E-state index in [4.69, 9.17) is 5.73 Å². The van der Waals surface area contributed by atoms with Gasteiger partial charge in [-0.15, -0.1) is 0 Å². The largest absolute Gasteiger partial charge is 0.398 e. The lowest BCUT2D eigenvalue weighted by atomic mass is 9.96. The lowest BCUT2D eigenvalue weighted by Crippen LogP contribution is -2.15. The monoisotopic (exact) mass is 282 g/mol. The summed E-state index contributed by atoms with van der Waals surface area (Å²) in [6.07, 6.45) is 1.03. The minimum atomic E-state index is -0.115. The van der Waals surface area contributed by atoms with Crippen LogP contribution in [0.15, 0.2) is 42.5 Å². The summed E-state index contributed by atoms with van der Waals surface area (Å²) in [7, 11) is 0. The first kappa shape index (κ1) is 15.1. The van der Waals surface area contributed by atoms with Crippen LogP contribution in [0.1, 0.15) is 47.7 Å². The van der Waals surface area contributed by atoms with Crippen molar-refractivity contribution in [3.63, 3.8) is 0 Å². The molecule has 3 nitrogen and oxygen atoms in total. The third kappa shape index (κ3) is 3.24. The zero-order valence-electron chi connectivity index (χ0n) is 12.8. The van der Waals surface area contributed by atoms with Gasteiger partial charge < -0.3 is 11.1 Å². The van der Waals surface area contributed by atoms with Crippen LogP contribution in [-0.2, 0) is 0 Å². The average Bonchev–Trinajstić information content (AvgIpc) is 2.49. The first-order chi connectivity index (χ1) is 10.0. The Labute approximate surface area is 126 Å². The maximum atomic E-state index is 12.5. The molecule has 0 unspecified atom stereocenters.